The van der Waals surface area contributed by atoms with E-state index in [1.54, 1.807) is 11.5 Å². The molecule has 0 aliphatic heterocycles. The Bertz CT molecular complexity index is 1480. The van der Waals surface area contributed by atoms with E-state index in [1.807, 2.05) is 103 Å². The van der Waals surface area contributed by atoms with Crippen LogP contribution >= 0.6 is 0 Å². The molecule has 3 aromatic carbocycles. The molecular formula is C33H33NO6. The summed E-state index contributed by atoms with van der Waals surface area (Å²) in [6.45, 7) is 2.55. The number of benzene rings is 3. The molecule has 0 spiro atoms. The predicted octanol–water partition coefficient (Wildman–Crippen LogP) is 6.88. The normalized spacial score (nSPS) is 12.2. The maximum Gasteiger partial charge on any atom is 0.326 e. The van der Waals surface area contributed by atoms with Crippen LogP contribution < -0.4 is 9.47 Å². The minimum atomic E-state index is -0.929. The molecule has 0 aliphatic carbocycles. The number of hydrogen-bond donors (Lipinski definition) is 2. The number of carboxylic acid groups (broad SMARTS) is 2. The summed E-state index contributed by atoms with van der Waals surface area (Å²) in [5.41, 5.74) is 3.63. The molecule has 206 valence electrons. The van der Waals surface area contributed by atoms with E-state index < -0.39 is 18.0 Å². The van der Waals surface area contributed by atoms with Crippen LogP contribution in [0.25, 0.3) is 23.1 Å². The van der Waals surface area contributed by atoms with E-state index in [4.69, 9.17) is 14.6 Å². The lowest BCUT2D eigenvalue weighted by Crippen LogP contribution is -2.14. The van der Waals surface area contributed by atoms with E-state index in [9.17, 15) is 14.7 Å². The summed E-state index contributed by atoms with van der Waals surface area (Å²) in [5, 5.41) is 19.6. The molecule has 0 saturated heterocycles. The van der Waals surface area contributed by atoms with Crippen molar-refractivity contribution in [1.82, 2.24) is 4.57 Å². The van der Waals surface area contributed by atoms with Gasteiger partial charge in [0, 0.05) is 18.0 Å². The van der Waals surface area contributed by atoms with Crippen molar-refractivity contribution in [3.8, 4) is 11.5 Å². The van der Waals surface area contributed by atoms with Crippen LogP contribution in [0, 0.1) is 0 Å². The summed E-state index contributed by atoms with van der Waals surface area (Å²) in [6, 6.07) is 22.5. The van der Waals surface area contributed by atoms with Gasteiger partial charge in [0.15, 0.2) is 0 Å². The fraction of sp³-hybridized carbons (Fsp3) is 0.212. The Morgan fingerprint density at radius 3 is 2.17 bits per heavy atom. The van der Waals surface area contributed by atoms with Crippen molar-refractivity contribution in [2.75, 3.05) is 13.2 Å². The van der Waals surface area contributed by atoms with Gasteiger partial charge in [0.05, 0.1) is 5.52 Å². The SMILES string of the molecule is CC(C(=O)O)n1cc(CCCC(=O)O)c2cccc(/C=C/c3ccc(OC/C=C/COc4ccccc4)cc3)c21. The number of fused-ring (bicyclic) bond motifs is 1. The first-order valence-electron chi connectivity index (χ1n) is 13.2. The quantitative estimate of drug-likeness (QED) is 0.134. The highest BCUT2D eigenvalue weighted by molar-refractivity contribution is 5.94. The lowest BCUT2D eigenvalue weighted by molar-refractivity contribution is -0.140. The Hall–Kier alpha value is -4.78. The largest absolute Gasteiger partial charge is 0.490 e. The van der Waals surface area contributed by atoms with Crippen LogP contribution in [-0.4, -0.2) is 39.9 Å². The first kappa shape index (κ1) is 28.2. The Labute approximate surface area is 233 Å². The Kier molecular flexibility index (Phi) is 9.77. The van der Waals surface area contributed by atoms with Crippen LogP contribution in [-0.2, 0) is 16.0 Å². The lowest BCUT2D eigenvalue weighted by Gasteiger charge is -2.12. The maximum absolute atomic E-state index is 11.8. The number of hydrogen-bond acceptors (Lipinski definition) is 4. The lowest BCUT2D eigenvalue weighted by atomic mass is 10.0. The molecule has 7 nitrogen and oxygen atoms in total. The molecule has 1 heterocycles. The number of aromatic nitrogens is 1. The minimum Gasteiger partial charge on any atom is -0.490 e. The van der Waals surface area contributed by atoms with Crippen LogP contribution in [0.15, 0.2) is 91.1 Å². The van der Waals surface area contributed by atoms with Crippen molar-refractivity contribution in [3.63, 3.8) is 0 Å². The number of aliphatic carboxylic acids is 2. The molecule has 0 saturated carbocycles. The second-order valence-corrected chi connectivity index (χ2v) is 9.38. The second kappa shape index (κ2) is 13.8. The van der Waals surface area contributed by atoms with Gasteiger partial charge in [0.25, 0.3) is 0 Å². The van der Waals surface area contributed by atoms with E-state index in [1.165, 1.54) is 0 Å². The van der Waals surface area contributed by atoms with Crippen molar-refractivity contribution in [1.29, 1.82) is 0 Å². The van der Waals surface area contributed by atoms with Gasteiger partial charge in [-0.1, -0.05) is 60.7 Å². The monoisotopic (exact) mass is 539 g/mol. The van der Waals surface area contributed by atoms with E-state index in [-0.39, 0.29) is 6.42 Å². The molecule has 0 amide bonds. The van der Waals surface area contributed by atoms with E-state index in [0.29, 0.717) is 26.1 Å². The van der Waals surface area contributed by atoms with Gasteiger partial charge in [-0.3, -0.25) is 4.79 Å². The number of aryl methyl sites for hydroxylation is 1. The van der Waals surface area contributed by atoms with Crippen molar-refractivity contribution in [2.24, 2.45) is 0 Å². The standard InChI is InChI=1S/C33H33NO6/c1-24(33(37)38)34-23-27(10-8-14-31(35)36)30-13-7-9-26(32(30)34)18-15-25-16-19-29(20-17-25)40-22-6-5-21-39-28-11-3-2-4-12-28/h2-7,9,11-13,15-20,23-24H,8,10,14,21-22H2,1H3,(H,35,36)(H,37,38)/b6-5+,18-15+. The summed E-state index contributed by atoms with van der Waals surface area (Å²) >= 11 is 0. The second-order valence-electron chi connectivity index (χ2n) is 9.38. The Balaban J connectivity index is 1.42. The Morgan fingerprint density at radius 1 is 0.850 bits per heavy atom. The summed E-state index contributed by atoms with van der Waals surface area (Å²) in [7, 11) is 0. The van der Waals surface area contributed by atoms with Crippen molar-refractivity contribution >= 4 is 35.0 Å². The van der Waals surface area contributed by atoms with Crippen LogP contribution in [0.1, 0.15) is 42.5 Å². The van der Waals surface area contributed by atoms with Gasteiger partial charge in [0.1, 0.15) is 30.8 Å². The predicted molar refractivity (Wildman–Crippen MR) is 157 cm³/mol. The zero-order chi connectivity index (χ0) is 28.3. The highest BCUT2D eigenvalue weighted by Gasteiger charge is 2.19. The smallest absolute Gasteiger partial charge is 0.326 e. The third-order valence-corrected chi connectivity index (χ3v) is 6.52. The summed E-state index contributed by atoms with van der Waals surface area (Å²) in [5.74, 6) is -0.189. The average molecular weight is 540 g/mol. The first-order valence-corrected chi connectivity index (χ1v) is 13.2. The average Bonchev–Trinajstić information content (AvgIpc) is 3.33. The molecule has 1 atom stereocenters. The molecule has 1 aromatic heterocycles. The molecular weight excluding hydrogens is 506 g/mol. The molecule has 7 heteroatoms. The molecule has 1 unspecified atom stereocenters. The van der Waals surface area contributed by atoms with Gasteiger partial charge in [-0.05, 0) is 72.9 Å². The molecule has 0 aliphatic rings. The molecule has 0 radical (unpaired) electrons. The summed E-state index contributed by atoms with van der Waals surface area (Å²) in [6.07, 6.45) is 10.8. The zero-order valence-corrected chi connectivity index (χ0v) is 22.4. The van der Waals surface area contributed by atoms with E-state index in [0.717, 1.165) is 39.1 Å². The van der Waals surface area contributed by atoms with Gasteiger partial charge in [-0.2, -0.15) is 0 Å². The molecule has 40 heavy (non-hydrogen) atoms. The summed E-state index contributed by atoms with van der Waals surface area (Å²) < 4.78 is 13.2. The molecule has 0 fully saturated rings. The molecule has 4 aromatic rings. The van der Waals surface area contributed by atoms with Crippen molar-refractivity contribution in [3.05, 3.63) is 108 Å². The first-order chi connectivity index (χ1) is 19.4. The van der Waals surface area contributed by atoms with Crippen molar-refractivity contribution < 1.29 is 29.3 Å². The van der Waals surface area contributed by atoms with Gasteiger partial charge in [-0.25, -0.2) is 4.79 Å². The fourth-order valence-corrected chi connectivity index (χ4v) is 4.40. The van der Waals surface area contributed by atoms with Gasteiger partial charge in [-0.15, -0.1) is 0 Å². The van der Waals surface area contributed by atoms with E-state index in [2.05, 4.69) is 0 Å². The highest BCUT2D eigenvalue weighted by Crippen LogP contribution is 2.30. The minimum absolute atomic E-state index is 0.0689. The molecule has 4 rings (SSSR count). The number of carboxylic acids is 2. The maximum atomic E-state index is 11.8. The van der Waals surface area contributed by atoms with Gasteiger partial charge in [0.2, 0.25) is 0 Å². The fourth-order valence-electron chi connectivity index (χ4n) is 4.40. The van der Waals surface area contributed by atoms with Crippen LogP contribution in [0.3, 0.4) is 0 Å². The van der Waals surface area contributed by atoms with Crippen molar-refractivity contribution in [2.45, 2.75) is 32.2 Å². The van der Waals surface area contributed by atoms with Crippen LogP contribution in [0.2, 0.25) is 0 Å². The number of para-hydroxylation sites is 2. The number of nitrogens with zero attached hydrogens (tertiary/aromatic N) is 1. The number of carbonyl (C=O) groups is 2. The van der Waals surface area contributed by atoms with Crippen LogP contribution in [0.5, 0.6) is 11.5 Å². The zero-order valence-electron chi connectivity index (χ0n) is 22.4. The third-order valence-electron chi connectivity index (χ3n) is 6.52. The van der Waals surface area contributed by atoms with Crippen LogP contribution in [0.4, 0.5) is 0 Å². The molecule has 0 bridgehead atoms. The number of ether oxygens (including phenoxy) is 2. The Morgan fingerprint density at radius 2 is 1.52 bits per heavy atom. The van der Waals surface area contributed by atoms with E-state index >= 15 is 0 Å². The molecule has 2 N–H and O–H groups in total. The highest BCUT2D eigenvalue weighted by atomic mass is 16.5. The van der Waals surface area contributed by atoms with Gasteiger partial charge >= 0.3 is 11.9 Å². The third kappa shape index (κ3) is 7.63. The summed E-state index contributed by atoms with van der Waals surface area (Å²) in [4.78, 5) is 22.8. The number of rotatable bonds is 14. The topological polar surface area (TPSA) is 98.0 Å². The van der Waals surface area contributed by atoms with Gasteiger partial charge < -0.3 is 24.3 Å².